The molecule has 0 spiro atoms. The molecule has 1 aliphatic heterocycles. The van der Waals surface area contributed by atoms with E-state index in [1.165, 1.54) is 23.9 Å². The van der Waals surface area contributed by atoms with Crippen LogP contribution >= 0.6 is 11.6 Å². The summed E-state index contributed by atoms with van der Waals surface area (Å²) in [6.07, 6.45) is 4.54. The van der Waals surface area contributed by atoms with Gasteiger partial charge in [0, 0.05) is 62.1 Å². The van der Waals surface area contributed by atoms with Gasteiger partial charge < -0.3 is 10.2 Å². The summed E-state index contributed by atoms with van der Waals surface area (Å²) in [5, 5.41) is 3.82. The highest BCUT2D eigenvalue weighted by atomic mass is 35.5. The second kappa shape index (κ2) is 10.2. The molecule has 8 heteroatoms. The minimum atomic E-state index is -0.408. The first-order valence-corrected chi connectivity index (χ1v) is 11.6. The van der Waals surface area contributed by atoms with Gasteiger partial charge in [-0.1, -0.05) is 23.7 Å². The summed E-state index contributed by atoms with van der Waals surface area (Å²) in [4.78, 5) is 20.3. The Labute approximate surface area is 202 Å². The number of piperazine rings is 1. The molecule has 0 unspecified atom stereocenters. The Hall–Kier alpha value is -3.42. The number of hydrogen-bond donors (Lipinski definition) is 1. The highest BCUT2D eigenvalue weighted by molar-refractivity contribution is 6.30. The Morgan fingerprint density at radius 1 is 0.853 bits per heavy atom. The minimum absolute atomic E-state index is 0.280. The van der Waals surface area contributed by atoms with Crippen molar-refractivity contribution >= 4 is 17.3 Å². The second-order valence-corrected chi connectivity index (χ2v) is 8.65. The fourth-order valence-electron chi connectivity index (χ4n) is 4.03. The number of nitrogens with zero attached hydrogens (tertiary/aromatic N) is 5. The molecule has 0 atom stereocenters. The molecule has 0 saturated carbocycles. The van der Waals surface area contributed by atoms with Crippen molar-refractivity contribution in [2.45, 2.75) is 12.8 Å². The van der Waals surface area contributed by atoms with E-state index in [1.54, 1.807) is 12.4 Å². The number of aromatic nitrogens is 4. The lowest BCUT2D eigenvalue weighted by Gasteiger charge is -2.29. The standard InChI is InChI=1S/C26H24ClFN6/c27-19-3-6-24(28)23(16-19)26-31-10-8-21(33-26)17-20-7-9-30-25(32-20)15-18-1-4-22(5-2-18)34-13-11-29-12-14-34/h1-10,16,29H,11-15,17H2. The Kier molecular flexibility index (Phi) is 6.74. The van der Waals surface area contributed by atoms with E-state index < -0.39 is 5.82 Å². The quantitative estimate of drug-likeness (QED) is 0.449. The molecule has 0 aliphatic carbocycles. The molecule has 0 bridgehead atoms. The van der Waals surface area contributed by atoms with Gasteiger partial charge in [-0.25, -0.2) is 24.3 Å². The van der Waals surface area contributed by atoms with Crippen molar-refractivity contribution in [2.75, 3.05) is 31.1 Å². The van der Waals surface area contributed by atoms with E-state index in [-0.39, 0.29) is 5.56 Å². The van der Waals surface area contributed by atoms with Gasteiger partial charge >= 0.3 is 0 Å². The monoisotopic (exact) mass is 474 g/mol. The number of nitrogens with one attached hydrogen (secondary N) is 1. The molecule has 5 rings (SSSR count). The van der Waals surface area contributed by atoms with Crippen molar-refractivity contribution < 1.29 is 4.39 Å². The third-order valence-electron chi connectivity index (χ3n) is 5.79. The van der Waals surface area contributed by atoms with Gasteiger partial charge in [0.1, 0.15) is 11.6 Å². The average molecular weight is 475 g/mol. The second-order valence-electron chi connectivity index (χ2n) is 8.22. The lowest BCUT2D eigenvalue weighted by atomic mass is 10.1. The summed E-state index contributed by atoms with van der Waals surface area (Å²) in [6.45, 7) is 4.09. The maximum absolute atomic E-state index is 14.2. The van der Waals surface area contributed by atoms with Crippen LogP contribution in [0.1, 0.15) is 22.8 Å². The number of rotatable bonds is 6. The zero-order valence-electron chi connectivity index (χ0n) is 18.6. The van der Waals surface area contributed by atoms with Crippen molar-refractivity contribution in [3.63, 3.8) is 0 Å². The van der Waals surface area contributed by atoms with Gasteiger partial charge in [-0.3, -0.25) is 0 Å². The zero-order valence-corrected chi connectivity index (χ0v) is 19.3. The summed E-state index contributed by atoms with van der Waals surface area (Å²) in [5.41, 5.74) is 4.28. The molecule has 172 valence electrons. The average Bonchev–Trinajstić information content (AvgIpc) is 2.87. The van der Waals surface area contributed by atoms with E-state index in [2.05, 4.69) is 49.4 Å². The normalized spacial score (nSPS) is 13.8. The highest BCUT2D eigenvalue weighted by Gasteiger charge is 2.12. The van der Waals surface area contributed by atoms with Crippen LogP contribution < -0.4 is 10.2 Å². The lowest BCUT2D eigenvalue weighted by molar-refractivity contribution is 0.589. The van der Waals surface area contributed by atoms with Crippen molar-refractivity contribution in [3.05, 3.63) is 101 Å². The van der Waals surface area contributed by atoms with Crippen LogP contribution in [0.25, 0.3) is 11.4 Å². The van der Waals surface area contributed by atoms with Gasteiger partial charge in [-0.05, 0) is 48.0 Å². The van der Waals surface area contributed by atoms with Crippen LogP contribution in [0.5, 0.6) is 0 Å². The summed E-state index contributed by atoms with van der Waals surface area (Å²) in [7, 11) is 0. The predicted octanol–water partition coefficient (Wildman–Crippen LogP) is 4.32. The molecule has 0 amide bonds. The Morgan fingerprint density at radius 2 is 1.59 bits per heavy atom. The first-order chi connectivity index (χ1) is 16.6. The van der Waals surface area contributed by atoms with Crippen LogP contribution in [0.15, 0.2) is 67.0 Å². The third kappa shape index (κ3) is 5.38. The van der Waals surface area contributed by atoms with E-state index in [0.717, 1.165) is 49.0 Å². The van der Waals surface area contributed by atoms with Crippen LogP contribution in [0.4, 0.5) is 10.1 Å². The molecule has 2 aromatic carbocycles. The van der Waals surface area contributed by atoms with Crippen LogP contribution in [-0.4, -0.2) is 46.1 Å². The van der Waals surface area contributed by atoms with Gasteiger partial charge in [-0.2, -0.15) is 0 Å². The summed E-state index contributed by atoms with van der Waals surface area (Å²) in [5.74, 6) is 0.646. The van der Waals surface area contributed by atoms with Crippen molar-refractivity contribution in [3.8, 4) is 11.4 Å². The van der Waals surface area contributed by atoms with Crippen LogP contribution in [0.3, 0.4) is 0 Å². The molecule has 0 radical (unpaired) electrons. The first kappa shape index (κ1) is 22.4. The smallest absolute Gasteiger partial charge is 0.162 e. The molecule has 34 heavy (non-hydrogen) atoms. The van der Waals surface area contributed by atoms with E-state index in [4.69, 9.17) is 16.6 Å². The van der Waals surface area contributed by atoms with Gasteiger partial charge in [-0.15, -0.1) is 0 Å². The van der Waals surface area contributed by atoms with Crippen LogP contribution in [0, 0.1) is 5.82 Å². The van der Waals surface area contributed by atoms with Crippen LogP contribution in [0.2, 0.25) is 5.02 Å². The number of benzene rings is 2. The van der Waals surface area contributed by atoms with E-state index in [1.807, 2.05) is 12.1 Å². The molecular weight excluding hydrogens is 451 g/mol. The number of anilines is 1. The minimum Gasteiger partial charge on any atom is -0.369 e. The molecule has 1 saturated heterocycles. The van der Waals surface area contributed by atoms with E-state index in [9.17, 15) is 4.39 Å². The number of hydrogen-bond acceptors (Lipinski definition) is 6. The van der Waals surface area contributed by atoms with Crippen LogP contribution in [-0.2, 0) is 12.8 Å². The Bertz CT molecular complexity index is 1270. The molecule has 6 nitrogen and oxygen atoms in total. The number of halogens is 2. The van der Waals surface area contributed by atoms with Gasteiger partial charge in [0.15, 0.2) is 5.82 Å². The van der Waals surface area contributed by atoms with Gasteiger partial charge in [0.05, 0.1) is 17.0 Å². The summed E-state index contributed by atoms with van der Waals surface area (Å²) in [6, 6.07) is 16.7. The van der Waals surface area contributed by atoms with E-state index in [0.29, 0.717) is 23.7 Å². The van der Waals surface area contributed by atoms with Gasteiger partial charge in [0.25, 0.3) is 0 Å². The molecule has 3 heterocycles. The topological polar surface area (TPSA) is 66.8 Å². The molecule has 1 aliphatic rings. The third-order valence-corrected chi connectivity index (χ3v) is 6.02. The van der Waals surface area contributed by atoms with Crippen molar-refractivity contribution in [1.82, 2.24) is 25.3 Å². The maximum atomic E-state index is 14.2. The predicted molar refractivity (Wildman–Crippen MR) is 132 cm³/mol. The maximum Gasteiger partial charge on any atom is 0.162 e. The SMILES string of the molecule is Fc1ccc(Cl)cc1-c1nccc(Cc2ccnc(Cc3ccc(N4CCNCC4)cc3)n2)n1. The lowest BCUT2D eigenvalue weighted by Crippen LogP contribution is -2.43. The Balaban J connectivity index is 1.29. The Morgan fingerprint density at radius 3 is 2.38 bits per heavy atom. The summed E-state index contributed by atoms with van der Waals surface area (Å²) < 4.78 is 14.2. The molecular formula is C26H24ClFN6. The summed E-state index contributed by atoms with van der Waals surface area (Å²) >= 11 is 6.02. The molecule has 4 aromatic rings. The molecule has 2 aromatic heterocycles. The van der Waals surface area contributed by atoms with E-state index >= 15 is 0 Å². The zero-order chi connectivity index (χ0) is 23.3. The fraction of sp³-hybridized carbons (Fsp3) is 0.231. The van der Waals surface area contributed by atoms with Crippen molar-refractivity contribution in [1.29, 1.82) is 0 Å². The van der Waals surface area contributed by atoms with Crippen molar-refractivity contribution in [2.24, 2.45) is 0 Å². The highest BCUT2D eigenvalue weighted by Crippen LogP contribution is 2.23. The van der Waals surface area contributed by atoms with Gasteiger partial charge in [0.2, 0.25) is 0 Å². The fourth-order valence-corrected chi connectivity index (χ4v) is 4.21. The molecule has 1 fully saturated rings. The molecule has 1 N–H and O–H groups in total. The first-order valence-electron chi connectivity index (χ1n) is 11.3. The largest absolute Gasteiger partial charge is 0.369 e.